The maximum Gasteiger partial charge on any atom is 0.316 e. The molecule has 0 radical (unpaired) electrons. The van der Waals surface area contributed by atoms with Crippen LogP contribution < -0.4 is 4.90 Å². The molecule has 2 aromatic rings. The molecule has 4 rings (SSSR count). The monoisotopic (exact) mass is 398 g/mol. The standard InChI is InChI=1S/C21H30N6O2/c1-16(2)15-25-10-12-27(13-11-25)21(28)20-23-19(24-29-20)17-6-7-22-18(14-17)26-8-4-3-5-9-26/h6-7,14,16H,3-5,8-13,15H2,1-2H3. The molecule has 2 aliphatic rings. The maximum atomic E-state index is 12.8. The van der Waals surface area contributed by atoms with Crippen molar-refractivity contribution in [3.05, 3.63) is 24.2 Å². The normalized spacial score (nSPS) is 18.4. The Hall–Kier alpha value is -2.48. The number of piperazine rings is 1. The van der Waals surface area contributed by atoms with Gasteiger partial charge in [0.05, 0.1) is 0 Å². The van der Waals surface area contributed by atoms with Gasteiger partial charge in [0.2, 0.25) is 5.82 Å². The summed E-state index contributed by atoms with van der Waals surface area (Å²) < 4.78 is 5.31. The number of amides is 1. The summed E-state index contributed by atoms with van der Waals surface area (Å²) in [5.41, 5.74) is 0.824. The average molecular weight is 399 g/mol. The van der Waals surface area contributed by atoms with Gasteiger partial charge in [-0.3, -0.25) is 9.69 Å². The average Bonchev–Trinajstić information content (AvgIpc) is 3.24. The second-order valence-electron chi connectivity index (χ2n) is 8.36. The van der Waals surface area contributed by atoms with Crippen LogP contribution in [0.15, 0.2) is 22.9 Å². The highest BCUT2D eigenvalue weighted by Gasteiger charge is 2.26. The molecule has 0 bridgehead atoms. The van der Waals surface area contributed by atoms with Gasteiger partial charge >= 0.3 is 11.8 Å². The molecule has 2 saturated heterocycles. The predicted molar refractivity (Wildman–Crippen MR) is 111 cm³/mol. The fourth-order valence-electron chi connectivity index (χ4n) is 4.07. The SMILES string of the molecule is CC(C)CN1CCN(C(=O)c2nc(-c3ccnc(N4CCCCC4)c3)no2)CC1. The zero-order valence-electron chi connectivity index (χ0n) is 17.4. The summed E-state index contributed by atoms with van der Waals surface area (Å²) in [6, 6.07) is 3.84. The van der Waals surface area contributed by atoms with Crippen molar-refractivity contribution in [2.24, 2.45) is 5.92 Å². The van der Waals surface area contributed by atoms with Crippen LogP contribution in [0.25, 0.3) is 11.4 Å². The van der Waals surface area contributed by atoms with E-state index < -0.39 is 0 Å². The van der Waals surface area contributed by atoms with Gasteiger partial charge in [-0.1, -0.05) is 19.0 Å². The largest absolute Gasteiger partial charge is 0.357 e. The van der Waals surface area contributed by atoms with Gasteiger partial charge in [-0.05, 0) is 37.3 Å². The Morgan fingerprint density at radius 3 is 2.59 bits per heavy atom. The van der Waals surface area contributed by atoms with Crippen molar-refractivity contribution in [2.75, 3.05) is 50.7 Å². The van der Waals surface area contributed by atoms with E-state index in [1.807, 2.05) is 12.1 Å². The summed E-state index contributed by atoms with van der Waals surface area (Å²) >= 11 is 0. The Morgan fingerprint density at radius 1 is 1.10 bits per heavy atom. The molecule has 29 heavy (non-hydrogen) atoms. The third-order valence-corrected chi connectivity index (χ3v) is 5.58. The van der Waals surface area contributed by atoms with E-state index in [2.05, 4.69) is 38.8 Å². The molecule has 156 valence electrons. The molecule has 8 heteroatoms. The summed E-state index contributed by atoms with van der Waals surface area (Å²) in [5, 5.41) is 4.05. The van der Waals surface area contributed by atoms with Crippen molar-refractivity contribution in [3.63, 3.8) is 0 Å². The van der Waals surface area contributed by atoms with Crippen LogP contribution in [0.3, 0.4) is 0 Å². The van der Waals surface area contributed by atoms with E-state index in [0.29, 0.717) is 24.8 Å². The number of hydrogen-bond acceptors (Lipinski definition) is 7. The molecule has 4 heterocycles. The van der Waals surface area contributed by atoms with Crippen LogP contribution in [-0.2, 0) is 0 Å². The molecule has 0 aliphatic carbocycles. The molecule has 0 unspecified atom stereocenters. The Morgan fingerprint density at radius 2 is 1.86 bits per heavy atom. The first kappa shape index (κ1) is 19.8. The van der Waals surface area contributed by atoms with Gasteiger partial charge in [0.1, 0.15) is 5.82 Å². The molecule has 0 spiro atoms. The minimum absolute atomic E-state index is 0.0636. The van der Waals surface area contributed by atoms with Gasteiger partial charge < -0.3 is 14.3 Å². The third-order valence-electron chi connectivity index (χ3n) is 5.58. The number of piperidine rings is 1. The number of nitrogens with zero attached hydrogens (tertiary/aromatic N) is 6. The van der Waals surface area contributed by atoms with Gasteiger partial charge in [0.25, 0.3) is 0 Å². The summed E-state index contributed by atoms with van der Waals surface area (Å²) in [5.74, 6) is 1.88. The Kier molecular flexibility index (Phi) is 6.08. The van der Waals surface area contributed by atoms with Crippen LogP contribution in [0, 0.1) is 5.92 Å². The molecule has 2 aromatic heterocycles. The van der Waals surface area contributed by atoms with Gasteiger partial charge in [-0.2, -0.15) is 4.98 Å². The van der Waals surface area contributed by atoms with Crippen molar-refractivity contribution >= 4 is 11.7 Å². The van der Waals surface area contributed by atoms with E-state index in [9.17, 15) is 4.79 Å². The van der Waals surface area contributed by atoms with E-state index in [1.54, 1.807) is 11.1 Å². The quantitative estimate of drug-likeness (QED) is 0.766. The molecule has 2 aliphatic heterocycles. The first-order valence-corrected chi connectivity index (χ1v) is 10.7. The lowest BCUT2D eigenvalue weighted by atomic mass is 10.1. The number of rotatable bonds is 5. The fourth-order valence-corrected chi connectivity index (χ4v) is 4.07. The predicted octanol–water partition coefficient (Wildman–Crippen LogP) is 2.54. The Labute approximate surface area is 171 Å². The van der Waals surface area contributed by atoms with Crippen molar-refractivity contribution in [3.8, 4) is 11.4 Å². The van der Waals surface area contributed by atoms with Gasteiger partial charge in [0, 0.05) is 57.6 Å². The lowest BCUT2D eigenvalue weighted by Crippen LogP contribution is -2.49. The Bertz CT molecular complexity index is 822. The van der Waals surface area contributed by atoms with E-state index in [-0.39, 0.29) is 11.8 Å². The molecule has 1 amide bonds. The lowest BCUT2D eigenvalue weighted by molar-refractivity contribution is 0.0576. The van der Waals surface area contributed by atoms with E-state index in [0.717, 1.165) is 44.1 Å². The zero-order chi connectivity index (χ0) is 20.2. The first-order valence-electron chi connectivity index (χ1n) is 10.7. The highest BCUT2D eigenvalue weighted by Crippen LogP contribution is 2.23. The second-order valence-corrected chi connectivity index (χ2v) is 8.36. The highest BCUT2D eigenvalue weighted by atomic mass is 16.5. The van der Waals surface area contributed by atoms with Crippen molar-refractivity contribution in [1.82, 2.24) is 24.9 Å². The summed E-state index contributed by atoms with van der Waals surface area (Å²) in [4.78, 5) is 28.1. The van der Waals surface area contributed by atoms with Gasteiger partial charge in [-0.25, -0.2) is 4.98 Å². The van der Waals surface area contributed by atoms with Crippen LogP contribution in [0.4, 0.5) is 5.82 Å². The third kappa shape index (κ3) is 4.75. The van der Waals surface area contributed by atoms with E-state index in [4.69, 9.17) is 4.52 Å². The molecule has 2 fully saturated rings. The van der Waals surface area contributed by atoms with Gasteiger partial charge in [0.15, 0.2) is 0 Å². The molecule has 8 nitrogen and oxygen atoms in total. The summed E-state index contributed by atoms with van der Waals surface area (Å²) in [6.07, 6.45) is 5.43. The minimum Gasteiger partial charge on any atom is -0.357 e. The molecule has 0 N–H and O–H groups in total. The van der Waals surface area contributed by atoms with Gasteiger partial charge in [-0.15, -0.1) is 0 Å². The molecular formula is C21H30N6O2. The smallest absolute Gasteiger partial charge is 0.316 e. The van der Waals surface area contributed by atoms with Crippen LogP contribution in [0.5, 0.6) is 0 Å². The molecule has 0 saturated carbocycles. The summed E-state index contributed by atoms with van der Waals surface area (Å²) in [7, 11) is 0. The lowest BCUT2D eigenvalue weighted by Gasteiger charge is -2.34. The Balaban J connectivity index is 1.41. The molecular weight excluding hydrogens is 368 g/mol. The van der Waals surface area contributed by atoms with E-state index >= 15 is 0 Å². The number of hydrogen-bond donors (Lipinski definition) is 0. The van der Waals surface area contributed by atoms with Crippen molar-refractivity contribution in [2.45, 2.75) is 33.1 Å². The van der Waals surface area contributed by atoms with Crippen LogP contribution in [0.1, 0.15) is 43.8 Å². The number of carbonyl (C=O) groups is 1. The molecule has 0 atom stereocenters. The maximum absolute atomic E-state index is 12.8. The van der Waals surface area contributed by atoms with Crippen LogP contribution in [-0.4, -0.2) is 76.6 Å². The van der Waals surface area contributed by atoms with Crippen molar-refractivity contribution < 1.29 is 9.32 Å². The van der Waals surface area contributed by atoms with Crippen molar-refractivity contribution in [1.29, 1.82) is 0 Å². The highest BCUT2D eigenvalue weighted by molar-refractivity contribution is 5.90. The van der Waals surface area contributed by atoms with Crippen LogP contribution >= 0.6 is 0 Å². The first-order chi connectivity index (χ1) is 14.1. The minimum atomic E-state index is -0.182. The number of pyridine rings is 1. The number of carbonyl (C=O) groups excluding carboxylic acids is 1. The number of aromatic nitrogens is 3. The topological polar surface area (TPSA) is 78.6 Å². The second kappa shape index (κ2) is 8.90. The summed E-state index contributed by atoms with van der Waals surface area (Å²) in [6.45, 7) is 10.7. The number of anilines is 1. The molecule has 0 aromatic carbocycles. The fraction of sp³-hybridized carbons (Fsp3) is 0.619. The van der Waals surface area contributed by atoms with E-state index in [1.165, 1.54) is 19.3 Å². The zero-order valence-corrected chi connectivity index (χ0v) is 17.4. The van der Waals surface area contributed by atoms with Crippen LogP contribution in [0.2, 0.25) is 0 Å².